The van der Waals surface area contributed by atoms with Crippen molar-refractivity contribution in [1.29, 1.82) is 0 Å². The summed E-state index contributed by atoms with van der Waals surface area (Å²) in [6.45, 7) is 4.79. The Balaban J connectivity index is 1.46. The molecule has 1 atom stereocenters. The topological polar surface area (TPSA) is 32.7 Å². The van der Waals surface area contributed by atoms with Gasteiger partial charge in [-0.2, -0.15) is 0 Å². The second kappa shape index (κ2) is 4.77. The lowest BCUT2D eigenvalue weighted by Crippen LogP contribution is -2.62. The molecule has 1 unspecified atom stereocenters. The van der Waals surface area contributed by atoms with Crippen molar-refractivity contribution in [2.24, 2.45) is 0 Å². The fourth-order valence-electron chi connectivity index (χ4n) is 4.01. The quantitative estimate of drug-likeness (QED) is 0.838. The van der Waals surface area contributed by atoms with Crippen molar-refractivity contribution in [3.8, 4) is 0 Å². The highest BCUT2D eigenvalue weighted by Crippen LogP contribution is 2.42. The van der Waals surface area contributed by atoms with E-state index in [4.69, 9.17) is 4.74 Å². The van der Waals surface area contributed by atoms with Gasteiger partial charge < -0.3 is 9.84 Å². The fourth-order valence-corrected chi connectivity index (χ4v) is 4.01. The summed E-state index contributed by atoms with van der Waals surface area (Å²) in [7, 11) is 0. The molecule has 0 amide bonds. The molecule has 3 nitrogen and oxygen atoms in total. The van der Waals surface area contributed by atoms with Gasteiger partial charge in [0.05, 0.1) is 17.3 Å². The molecule has 0 aromatic carbocycles. The first kappa shape index (κ1) is 12.9. The van der Waals surface area contributed by atoms with Gasteiger partial charge in [0.2, 0.25) is 0 Å². The molecule has 3 heteroatoms. The van der Waals surface area contributed by atoms with Crippen LogP contribution in [-0.2, 0) is 4.74 Å². The largest absolute Gasteiger partial charge is 0.387 e. The predicted octanol–water partition coefficient (Wildman–Crippen LogP) is 2.33. The summed E-state index contributed by atoms with van der Waals surface area (Å²) in [6.07, 6.45) is 10.4. The monoisotopic (exact) mass is 253 g/mol. The molecule has 0 bridgehead atoms. The standard InChI is InChI=1S/C15H27NO2/c1-2-14(17)11-16(12-14)10-13-6-9-15(18-13)7-4-3-5-8-15/h13,17H,2-12H2,1H3. The Kier molecular flexibility index (Phi) is 3.41. The SMILES string of the molecule is CCC1(O)CN(CC2CCC3(CCCCC3)O2)C1. The first-order valence-corrected chi connectivity index (χ1v) is 7.76. The lowest BCUT2D eigenvalue weighted by atomic mass is 9.83. The minimum absolute atomic E-state index is 0.245. The maximum absolute atomic E-state index is 10.0. The van der Waals surface area contributed by atoms with Crippen molar-refractivity contribution >= 4 is 0 Å². The highest BCUT2D eigenvalue weighted by Gasteiger charge is 2.44. The van der Waals surface area contributed by atoms with Crippen molar-refractivity contribution in [2.75, 3.05) is 19.6 Å². The van der Waals surface area contributed by atoms with Gasteiger partial charge in [-0.1, -0.05) is 26.2 Å². The molecule has 0 aromatic rings. The molecular formula is C15H27NO2. The summed E-state index contributed by atoms with van der Waals surface area (Å²) in [5, 5.41) is 10.0. The van der Waals surface area contributed by atoms with Crippen molar-refractivity contribution < 1.29 is 9.84 Å². The third kappa shape index (κ3) is 2.45. The molecule has 0 radical (unpaired) electrons. The minimum atomic E-state index is -0.402. The maximum atomic E-state index is 10.0. The number of hydrogen-bond acceptors (Lipinski definition) is 3. The molecule has 18 heavy (non-hydrogen) atoms. The molecule has 104 valence electrons. The van der Waals surface area contributed by atoms with E-state index in [1.807, 2.05) is 0 Å². The molecule has 2 saturated heterocycles. The van der Waals surface area contributed by atoms with Gasteiger partial charge in [0, 0.05) is 19.6 Å². The van der Waals surface area contributed by atoms with Crippen molar-refractivity contribution in [3.05, 3.63) is 0 Å². The predicted molar refractivity (Wildman–Crippen MR) is 71.6 cm³/mol. The van der Waals surface area contributed by atoms with Crippen LogP contribution in [0.3, 0.4) is 0 Å². The van der Waals surface area contributed by atoms with Gasteiger partial charge in [-0.25, -0.2) is 0 Å². The van der Waals surface area contributed by atoms with Crippen LogP contribution in [0.15, 0.2) is 0 Å². The Hall–Kier alpha value is -0.120. The molecule has 3 aliphatic rings. The van der Waals surface area contributed by atoms with E-state index in [1.54, 1.807) is 0 Å². The highest BCUT2D eigenvalue weighted by atomic mass is 16.5. The second-order valence-corrected chi connectivity index (χ2v) is 6.77. The lowest BCUT2D eigenvalue weighted by molar-refractivity contribution is -0.127. The molecule has 1 saturated carbocycles. The second-order valence-electron chi connectivity index (χ2n) is 6.77. The van der Waals surface area contributed by atoms with E-state index in [-0.39, 0.29) is 5.60 Å². The zero-order valence-electron chi connectivity index (χ0n) is 11.7. The molecule has 2 aliphatic heterocycles. The van der Waals surface area contributed by atoms with Crippen molar-refractivity contribution in [3.63, 3.8) is 0 Å². The van der Waals surface area contributed by atoms with Gasteiger partial charge in [0.25, 0.3) is 0 Å². The van der Waals surface area contributed by atoms with Crippen LogP contribution in [0.4, 0.5) is 0 Å². The van der Waals surface area contributed by atoms with Gasteiger partial charge in [-0.05, 0) is 32.1 Å². The summed E-state index contributed by atoms with van der Waals surface area (Å²) in [4.78, 5) is 2.36. The molecule has 3 fully saturated rings. The molecule has 2 heterocycles. The molecular weight excluding hydrogens is 226 g/mol. The number of nitrogens with zero attached hydrogens (tertiary/aromatic N) is 1. The average molecular weight is 253 g/mol. The zero-order chi connectivity index (χ0) is 12.6. The number of β-amino-alcohol motifs (C(OH)–C–C–N with tert-alkyl or cyclic N) is 1. The van der Waals surface area contributed by atoms with Crippen LogP contribution in [-0.4, -0.2) is 46.9 Å². The maximum Gasteiger partial charge on any atom is 0.0897 e. The first-order valence-electron chi connectivity index (χ1n) is 7.76. The van der Waals surface area contributed by atoms with Gasteiger partial charge in [-0.3, -0.25) is 4.90 Å². The number of likely N-dealkylation sites (tertiary alicyclic amines) is 1. The molecule has 1 aliphatic carbocycles. The molecule has 3 rings (SSSR count). The van der Waals surface area contributed by atoms with E-state index in [0.717, 1.165) is 26.1 Å². The van der Waals surface area contributed by atoms with Crippen LogP contribution in [0.1, 0.15) is 58.3 Å². The van der Waals surface area contributed by atoms with Crippen molar-refractivity contribution in [2.45, 2.75) is 75.6 Å². The number of ether oxygens (including phenoxy) is 1. The Morgan fingerprint density at radius 2 is 1.89 bits per heavy atom. The molecule has 0 aromatic heterocycles. The van der Waals surface area contributed by atoms with E-state index >= 15 is 0 Å². The van der Waals surface area contributed by atoms with E-state index in [2.05, 4.69) is 11.8 Å². The molecule has 1 spiro atoms. The minimum Gasteiger partial charge on any atom is -0.387 e. The van der Waals surface area contributed by atoms with Gasteiger partial charge in [-0.15, -0.1) is 0 Å². The van der Waals surface area contributed by atoms with E-state index in [0.29, 0.717) is 6.10 Å². The van der Waals surface area contributed by atoms with Crippen LogP contribution in [0.5, 0.6) is 0 Å². The van der Waals surface area contributed by atoms with E-state index in [1.165, 1.54) is 44.9 Å². The first-order chi connectivity index (χ1) is 8.63. The summed E-state index contributed by atoms with van der Waals surface area (Å²) < 4.78 is 6.37. The van der Waals surface area contributed by atoms with Crippen LogP contribution in [0.2, 0.25) is 0 Å². The third-order valence-electron chi connectivity index (χ3n) is 5.26. The average Bonchev–Trinajstić information content (AvgIpc) is 2.71. The highest BCUT2D eigenvalue weighted by molar-refractivity contribution is 4.97. The summed E-state index contributed by atoms with van der Waals surface area (Å²) in [6, 6.07) is 0. The van der Waals surface area contributed by atoms with Gasteiger partial charge in [0.15, 0.2) is 0 Å². The Bertz CT molecular complexity index is 293. The molecule has 1 N–H and O–H groups in total. The fraction of sp³-hybridized carbons (Fsp3) is 1.00. The third-order valence-corrected chi connectivity index (χ3v) is 5.26. The van der Waals surface area contributed by atoms with Gasteiger partial charge >= 0.3 is 0 Å². The number of hydrogen-bond donors (Lipinski definition) is 1. The van der Waals surface area contributed by atoms with Crippen LogP contribution in [0, 0.1) is 0 Å². The Morgan fingerprint density at radius 1 is 1.17 bits per heavy atom. The Morgan fingerprint density at radius 3 is 2.56 bits per heavy atom. The van der Waals surface area contributed by atoms with Gasteiger partial charge in [0.1, 0.15) is 0 Å². The lowest BCUT2D eigenvalue weighted by Gasteiger charge is -2.47. The van der Waals surface area contributed by atoms with E-state index in [9.17, 15) is 5.11 Å². The Labute approximate surface area is 110 Å². The number of rotatable bonds is 3. The van der Waals surface area contributed by atoms with Crippen LogP contribution >= 0.6 is 0 Å². The summed E-state index contributed by atoms with van der Waals surface area (Å²) >= 11 is 0. The van der Waals surface area contributed by atoms with E-state index < -0.39 is 5.60 Å². The van der Waals surface area contributed by atoms with Crippen LogP contribution < -0.4 is 0 Å². The number of aliphatic hydroxyl groups is 1. The van der Waals surface area contributed by atoms with Crippen LogP contribution in [0.25, 0.3) is 0 Å². The summed E-state index contributed by atoms with van der Waals surface area (Å²) in [5.41, 5.74) is -0.157. The summed E-state index contributed by atoms with van der Waals surface area (Å²) in [5.74, 6) is 0. The smallest absolute Gasteiger partial charge is 0.0897 e. The normalized spacial score (nSPS) is 34.7. The van der Waals surface area contributed by atoms with Crippen molar-refractivity contribution in [1.82, 2.24) is 4.90 Å². The zero-order valence-corrected chi connectivity index (χ0v) is 11.7.